The second-order valence-corrected chi connectivity index (χ2v) is 5.90. The van der Waals surface area contributed by atoms with Crippen molar-refractivity contribution in [3.63, 3.8) is 0 Å². The van der Waals surface area contributed by atoms with Crippen LogP contribution < -0.4 is 5.32 Å². The molecule has 0 aliphatic carbocycles. The lowest BCUT2D eigenvalue weighted by Crippen LogP contribution is -2.19. The van der Waals surface area contributed by atoms with Crippen molar-refractivity contribution in [2.75, 3.05) is 23.4 Å². The average Bonchev–Trinajstić information content (AvgIpc) is 2.35. The van der Waals surface area contributed by atoms with E-state index >= 15 is 0 Å². The first-order valence-corrected chi connectivity index (χ1v) is 7.54. The van der Waals surface area contributed by atoms with Crippen LogP contribution in [0.15, 0.2) is 12.1 Å². The number of amides is 1. The van der Waals surface area contributed by atoms with E-state index in [9.17, 15) is 4.79 Å². The minimum absolute atomic E-state index is 0.133. The molecule has 1 atom stereocenters. The molecule has 3 N–H and O–H groups in total. The minimum Gasteiger partial charge on any atom is -0.394 e. The zero-order valence-corrected chi connectivity index (χ0v) is 12.8. The predicted octanol–water partition coefficient (Wildman–Crippen LogP) is 2.67. The third-order valence-electron chi connectivity index (χ3n) is 2.04. The van der Waals surface area contributed by atoms with Gasteiger partial charge < -0.3 is 15.5 Å². The molecule has 19 heavy (non-hydrogen) atoms. The number of thioether (sulfide) groups is 1. The summed E-state index contributed by atoms with van der Waals surface area (Å²) in [5.41, 5.74) is 0.379. The molecule has 0 saturated carbocycles. The highest BCUT2D eigenvalue weighted by molar-refractivity contribution is 8.00. The standard InChI is InChI=1S/C11H12Cl3NO3S/c12-7-1-9(14)10(2-8(7)13)15-11(18)5-19-4-6(17)3-16/h1-2,6,16-17H,3-5H2,(H,15,18). The van der Waals surface area contributed by atoms with Gasteiger partial charge in [0.1, 0.15) is 0 Å². The molecular formula is C11H12Cl3NO3S. The summed E-state index contributed by atoms with van der Waals surface area (Å²) in [7, 11) is 0. The monoisotopic (exact) mass is 343 g/mol. The van der Waals surface area contributed by atoms with Crippen molar-refractivity contribution >= 4 is 58.2 Å². The van der Waals surface area contributed by atoms with E-state index < -0.39 is 6.10 Å². The van der Waals surface area contributed by atoms with E-state index in [2.05, 4.69) is 5.32 Å². The second kappa shape index (κ2) is 8.19. The summed E-state index contributed by atoms with van der Waals surface area (Å²) >= 11 is 18.7. The summed E-state index contributed by atoms with van der Waals surface area (Å²) in [5, 5.41) is 21.2. The Bertz CT molecular complexity index is 459. The zero-order valence-electron chi connectivity index (χ0n) is 9.70. The van der Waals surface area contributed by atoms with Gasteiger partial charge in [0.15, 0.2) is 0 Å². The molecule has 0 saturated heterocycles. The van der Waals surface area contributed by atoms with Gasteiger partial charge in [-0.25, -0.2) is 0 Å². The van der Waals surface area contributed by atoms with Crippen molar-refractivity contribution < 1.29 is 15.0 Å². The molecule has 4 nitrogen and oxygen atoms in total. The van der Waals surface area contributed by atoms with Gasteiger partial charge in [0.2, 0.25) is 5.91 Å². The van der Waals surface area contributed by atoms with Crippen molar-refractivity contribution in [2.24, 2.45) is 0 Å². The van der Waals surface area contributed by atoms with Gasteiger partial charge >= 0.3 is 0 Å². The van der Waals surface area contributed by atoms with E-state index in [4.69, 9.17) is 45.0 Å². The van der Waals surface area contributed by atoms with Gasteiger partial charge in [0.05, 0.1) is 39.2 Å². The van der Waals surface area contributed by atoms with Crippen LogP contribution in [-0.4, -0.2) is 40.3 Å². The third-order valence-corrected chi connectivity index (χ3v) is 4.16. The molecule has 1 rings (SSSR count). The largest absolute Gasteiger partial charge is 0.394 e. The molecule has 1 aromatic rings. The van der Waals surface area contributed by atoms with Gasteiger partial charge in [-0.3, -0.25) is 4.79 Å². The first kappa shape index (κ1) is 16.9. The number of hydrogen-bond acceptors (Lipinski definition) is 4. The molecule has 0 aliphatic heterocycles. The van der Waals surface area contributed by atoms with E-state index in [0.717, 1.165) is 0 Å². The van der Waals surface area contributed by atoms with E-state index in [-0.39, 0.29) is 24.0 Å². The molecule has 0 fully saturated rings. The lowest BCUT2D eigenvalue weighted by Gasteiger charge is -2.09. The smallest absolute Gasteiger partial charge is 0.234 e. The highest BCUT2D eigenvalue weighted by Crippen LogP contribution is 2.32. The predicted molar refractivity (Wildman–Crippen MR) is 80.5 cm³/mol. The van der Waals surface area contributed by atoms with Crippen LogP contribution in [0, 0.1) is 0 Å². The topological polar surface area (TPSA) is 69.6 Å². The van der Waals surface area contributed by atoms with Crippen LogP contribution in [-0.2, 0) is 4.79 Å². The quantitative estimate of drug-likeness (QED) is 0.694. The molecule has 0 spiro atoms. The second-order valence-electron chi connectivity index (χ2n) is 3.65. The van der Waals surface area contributed by atoms with Crippen LogP contribution >= 0.6 is 46.6 Å². The SMILES string of the molecule is O=C(CSCC(O)CO)Nc1cc(Cl)c(Cl)cc1Cl. The Morgan fingerprint density at radius 2 is 1.89 bits per heavy atom. The summed E-state index contributed by atoms with van der Waals surface area (Å²) in [4.78, 5) is 11.6. The Morgan fingerprint density at radius 1 is 1.26 bits per heavy atom. The Hall–Kier alpha value is -0.170. The summed E-state index contributed by atoms with van der Waals surface area (Å²) in [6.45, 7) is -0.326. The highest BCUT2D eigenvalue weighted by atomic mass is 35.5. The number of rotatable bonds is 6. The van der Waals surface area contributed by atoms with Gasteiger partial charge in [-0.1, -0.05) is 34.8 Å². The first-order valence-electron chi connectivity index (χ1n) is 5.25. The molecule has 0 aromatic heterocycles. The third kappa shape index (κ3) is 5.77. The number of aliphatic hydroxyl groups excluding tert-OH is 2. The molecule has 106 valence electrons. The normalized spacial score (nSPS) is 12.3. The summed E-state index contributed by atoms with van der Waals surface area (Å²) in [6.07, 6.45) is -0.827. The molecular weight excluding hydrogens is 333 g/mol. The number of carbonyl (C=O) groups excluding carboxylic acids is 1. The van der Waals surface area contributed by atoms with E-state index in [0.29, 0.717) is 20.8 Å². The molecule has 1 unspecified atom stereocenters. The van der Waals surface area contributed by atoms with Crippen molar-refractivity contribution in [1.29, 1.82) is 0 Å². The fourth-order valence-corrected chi connectivity index (χ4v) is 2.49. The molecule has 0 radical (unpaired) electrons. The van der Waals surface area contributed by atoms with E-state index in [1.165, 1.54) is 23.9 Å². The van der Waals surface area contributed by atoms with Crippen molar-refractivity contribution in [2.45, 2.75) is 6.10 Å². The number of hydrogen-bond donors (Lipinski definition) is 3. The van der Waals surface area contributed by atoms with Crippen LogP contribution in [0.4, 0.5) is 5.69 Å². The number of halogens is 3. The Labute approximate surface area is 130 Å². The molecule has 1 aromatic carbocycles. The fourth-order valence-electron chi connectivity index (χ4n) is 1.15. The summed E-state index contributed by atoms with van der Waals surface area (Å²) in [6, 6.07) is 2.92. The number of carbonyl (C=O) groups is 1. The Kier molecular flexibility index (Phi) is 7.28. The molecule has 0 bridgehead atoms. The van der Waals surface area contributed by atoms with Crippen molar-refractivity contribution in [3.8, 4) is 0 Å². The van der Waals surface area contributed by atoms with Gasteiger partial charge in [0, 0.05) is 5.75 Å². The van der Waals surface area contributed by atoms with Gasteiger partial charge in [-0.15, -0.1) is 11.8 Å². The minimum atomic E-state index is -0.827. The van der Waals surface area contributed by atoms with Crippen LogP contribution in [0.5, 0.6) is 0 Å². The number of nitrogens with one attached hydrogen (secondary N) is 1. The Balaban J connectivity index is 2.51. The first-order chi connectivity index (χ1) is 8.93. The van der Waals surface area contributed by atoms with Crippen LogP contribution in [0.1, 0.15) is 0 Å². The van der Waals surface area contributed by atoms with Crippen molar-refractivity contribution in [1.82, 2.24) is 0 Å². The molecule has 1 amide bonds. The zero-order chi connectivity index (χ0) is 14.4. The van der Waals surface area contributed by atoms with Crippen LogP contribution in [0.3, 0.4) is 0 Å². The number of aliphatic hydroxyl groups is 2. The van der Waals surface area contributed by atoms with Gasteiger partial charge in [-0.05, 0) is 12.1 Å². The number of anilines is 1. The van der Waals surface area contributed by atoms with E-state index in [1.54, 1.807) is 0 Å². The highest BCUT2D eigenvalue weighted by Gasteiger charge is 2.10. The van der Waals surface area contributed by atoms with Crippen molar-refractivity contribution in [3.05, 3.63) is 27.2 Å². The van der Waals surface area contributed by atoms with Crippen LogP contribution in [0.25, 0.3) is 0 Å². The fraction of sp³-hybridized carbons (Fsp3) is 0.364. The Morgan fingerprint density at radius 3 is 2.53 bits per heavy atom. The number of benzene rings is 1. The van der Waals surface area contributed by atoms with Gasteiger partial charge in [0.25, 0.3) is 0 Å². The maximum Gasteiger partial charge on any atom is 0.234 e. The van der Waals surface area contributed by atoms with Gasteiger partial charge in [-0.2, -0.15) is 0 Å². The molecule has 0 aliphatic rings. The van der Waals surface area contributed by atoms with E-state index in [1.807, 2.05) is 0 Å². The summed E-state index contributed by atoms with van der Waals surface area (Å²) < 4.78 is 0. The average molecular weight is 345 g/mol. The lowest BCUT2D eigenvalue weighted by atomic mass is 10.3. The summed E-state index contributed by atoms with van der Waals surface area (Å²) in [5.74, 6) is 0.127. The van der Waals surface area contributed by atoms with Crippen LogP contribution in [0.2, 0.25) is 15.1 Å². The maximum absolute atomic E-state index is 11.6. The molecule has 8 heteroatoms. The lowest BCUT2D eigenvalue weighted by molar-refractivity contribution is -0.113. The maximum atomic E-state index is 11.6. The molecule has 0 heterocycles.